The van der Waals surface area contributed by atoms with Crippen molar-refractivity contribution in [1.29, 1.82) is 0 Å². The number of aliphatic carboxylic acids is 1. The van der Waals surface area contributed by atoms with Crippen LogP contribution in [0, 0.1) is 11.8 Å². The maximum Gasteiger partial charge on any atom is 0.435 e. The van der Waals surface area contributed by atoms with Gasteiger partial charge in [-0.15, -0.1) is 0 Å². The Bertz CT molecular complexity index is 1080. The van der Waals surface area contributed by atoms with E-state index < -0.39 is 29.4 Å². The van der Waals surface area contributed by atoms with Crippen LogP contribution in [0.3, 0.4) is 0 Å². The van der Waals surface area contributed by atoms with Gasteiger partial charge in [0, 0.05) is 32.1 Å². The Hall–Kier alpha value is -2.77. The van der Waals surface area contributed by atoms with Gasteiger partial charge in [-0.2, -0.15) is 13.2 Å². The number of piperidine rings is 1. The molecule has 2 fully saturated rings. The molecule has 1 spiro atoms. The van der Waals surface area contributed by atoms with Crippen molar-refractivity contribution in [2.75, 3.05) is 18.0 Å². The van der Waals surface area contributed by atoms with E-state index in [9.17, 15) is 23.1 Å². The van der Waals surface area contributed by atoms with Gasteiger partial charge in [-0.1, -0.05) is 19.1 Å². The molecule has 5 nitrogen and oxygen atoms in total. The molecule has 0 amide bonds. The highest BCUT2D eigenvalue weighted by molar-refractivity contribution is 5.71. The van der Waals surface area contributed by atoms with E-state index in [0.29, 0.717) is 31.8 Å². The molecule has 2 aliphatic heterocycles. The van der Waals surface area contributed by atoms with Crippen LogP contribution in [0.2, 0.25) is 0 Å². The molecule has 1 unspecified atom stereocenters. The number of pyridine rings is 1. The number of anilines is 1. The first-order chi connectivity index (χ1) is 16.2. The minimum absolute atomic E-state index is 0.0301. The maximum atomic E-state index is 13.4. The molecule has 1 aromatic heterocycles. The van der Waals surface area contributed by atoms with E-state index >= 15 is 0 Å². The zero-order valence-electron chi connectivity index (χ0n) is 19.1. The van der Waals surface area contributed by atoms with Crippen molar-refractivity contribution in [3.05, 3.63) is 53.3 Å². The highest BCUT2D eigenvalue weighted by Gasteiger charge is 2.43. The van der Waals surface area contributed by atoms with E-state index in [1.807, 2.05) is 12.1 Å². The van der Waals surface area contributed by atoms with Crippen LogP contribution in [-0.4, -0.2) is 34.8 Å². The highest BCUT2D eigenvalue weighted by atomic mass is 19.4. The van der Waals surface area contributed by atoms with Crippen molar-refractivity contribution < 1.29 is 27.8 Å². The molecule has 0 radical (unpaired) electrons. The molecular formula is C26H29F3N2O3. The van der Waals surface area contributed by atoms with Crippen LogP contribution in [0.1, 0.15) is 61.8 Å². The summed E-state index contributed by atoms with van der Waals surface area (Å²) >= 11 is 0. The van der Waals surface area contributed by atoms with Gasteiger partial charge in [0.25, 0.3) is 0 Å². The average Bonchev–Trinajstić information content (AvgIpc) is 3.64. The number of ether oxygens (including phenoxy) is 1. The number of nitrogens with zero attached hydrogens (tertiary/aromatic N) is 2. The molecular weight excluding hydrogens is 445 g/mol. The smallest absolute Gasteiger partial charge is 0.435 e. The number of aromatic nitrogens is 1. The van der Waals surface area contributed by atoms with Crippen LogP contribution in [0.4, 0.5) is 18.9 Å². The van der Waals surface area contributed by atoms with Gasteiger partial charge in [-0.25, -0.2) is 4.98 Å². The normalized spacial score (nSPS) is 21.5. The molecule has 2 atom stereocenters. The topological polar surface area (TPSA) is 62.7 Å². The molecule has 182 valence electrons. The van der Waals surface area contributed by atoms with Crippen LogP contribution < -0.4 is 9.64 Å². The number of halogens is 3. The van der Waals surface area contributed by atoms with Crippen LogP contribution >= 0.6 is 0 Å². The van der Waals surface area contributed by atoms with E-state index in [1.54, 1.807) is 11.8 Å². The lowest BCUT2D eigenvalue weighted by atomic mass is 9.80. The number of rotatable bonds is 5. The Morgan fingerprint density at radius 1 is 1.21 bits per heavy atom. The number of hydrogen-bond acceptors (Lipinski definition) is 4. The van der Waals surface area contributed by atoms with Crippen LogP contribution in [0.15, 0.2) is 36.5 Å². The van der Waals surface area contributed by atoms with Gasteiger partial charge in [-0.3, -0.25) is 4.79 Å². The summed E-state index contributed by atoms with van der Waals surface area (Å²) in [5.41, 5.74) is 0.996. The van der Waals surface area contributed by atoms with Crippen molar-refractivity contribution in [2.45, 2.75) is 63.1 Å². The van der Waals surface area contributed by atoms with Gasteiger partial charge in [0.15, 0.2) is 5.69 Å². The van der Waals surface area contributed by atoms with Gasteiger partial charge in [0.1, 0.15) is 11.4 Å². The predicted molar refractivity (Wildman–Crippen MR) is 121 cm³/mol. The van der Waals surface area contributed by atoms with Crippen LogP contribution in [-0.2, 0) is 17.4 Å². The molecule has 1 saturated heterocycles. The van der Waals surface area contributed by atoms with E-state index in [2.05, 4.69) is 11.1 Å². The first kappa shape index (κ1) is 23.0. The van der Waals surface area contributed by atoms with Crippen LogP contribution in [0.25, 0.3) is 0 Å². The van der Waals surface area contributed by atoms with Gasteiger partial charge in [-0.05, 0) is 66.8 Å². The summed E-state index contributed by atoms with van der Waals surface area (Å²) in [6.07, 6.45) is 1.70. The van der Waals surface area contributed by atoms with Crippen molar-refractivity contribution in [2.24, 2.45) is 11.8 Å². The second-order valence-corrected chi connectivity index (χ2v) is 10.00. The van der Waals surface area contributed by atoms with Crippen molar-refractivity contribution in [1.82, 2.24) is 4.98 Å². The third kappa shape index (κ3) is 4.34. The summed E-state index contributed by atoms with van der Waals surface area (Å²) in [6.45, 7) is 2.70. The zero-order valence-corrected chi connectivity index (χ0v) is 19.1. The van der Waals surface area contributed by atoms with Gasteiger partial charge in [0.2, 0.25) is 0 Å². The summed E-state index contributed by atoms with van der Waals surface area (Å²) < 4.78 is 46.9. The molecule has 0 bridgehead atoms. The third-order valence-corrected chi connectivity index (χ3v) is 7.78. The molecule has 34 heavy (non-hydrogen) atoms. The lowest BCUT2D eigenvalue weighted by Gasteiger charge is -2.45. The van der Waals surface area contributed by atoms with Gasteiger partial charge >= 0.3 is 12.1 Å². The number of carbonyl (C=O) groups is 1. The minimum atomic E-state index is -4.49. The molecule has 3 aliphatic rings. The summed E-state index contributed by atoms with van der Waals surface area (Å²) in [7, 11) is 0. The second kappa shape index (κ2) is 8.47. The van der Waals surface area contributed by atoms with Crippen molar-refractivity contribution in [3.8, 4) is 5.75 Å². The van der Waals surface area contributed by atoms with Crippen molar-refractivity contribution in [3.63, 3.8) is 0 Å². The molecule has 8 heteroatoms. The lowest BCUT2D eigenvalue weighted by Crippen LogP contribution is -2.50. The largest absolute Gasteiger partial charge is 0.487 e. The summed E-state index contributed by atoms with van der Waals surface area (Å²) in [5, 5.41) is 9.61. The first-order valence-corrected chi connectivity index (χ1v) is 12.0. The molecule has 1 aliphatic carbocycles. The van der Waals surface area contributed by atoms with Gasteiger partial charge in [0.05, 0.1) is 11.6 Å². The van der Waals surface area contributed by atoms with E-state index in [4.69, 9.17) is 4.74 Å². The number of fused-ring (bicyclic) bond motifs is 1. The Balaban J connectivity index is 1.34. The zero-order chi connectivity index (χ0) is 24.1. The SMILES string of the molecule is C[C@H](C(=O)O)C(c1ccc2c(c1)OC1(CC2)CCN(c2cccnc2C(F)(F)F)CC1)C1CC1. The fourth-order valence-electron chi connectivity index (χ4n) is 5.68. The van der Waals surface area contributed by atoms with E-state index in [1.165, 1.54) is 18.3 Å². The Morgan fingerprint density at radius 2 is 1.94 bits per heavy atom. The number of carboxylic acids is 1. The molecule has 1 N–H and O–H groups in total. The molecule has 2 aromatic rings. The molecule has 3 heterocycles. The Labute approximate surface area is 196 Å². The second-order valence-electron chi connectivity index (χ2n) is 10.00. The summed E-state index contributed by atoms with van der Waals surface area (Å²) in [5.74, 6) is -0.0794. The van der Waals surface area contributed by atoms with E-state index in [-0.39, 0.29) is 11.6 Å². The first-order valence-electron chi connectivity index (χ1n) is 12.0. The fraction of sp³-hybridized carbons (Fsp3) is 0.538. The maximum absolute atomic E-state index is 13.4. The fourth-order valence-corrected chi connectivity index (χ4v) is 5.68. The van der Waals surface area contributed by atoms with Gasteiger partial charge < -0.3 is 14.7 Å². The quantitative estimate of drug-likeness (QED) is 0.604. The average molecular weight is 475 g/mol. The standard InChI is InChI=1S/C26H29F3N2O3/c1-16(24(32)33)22(18-5-6-18)19-7-4-17-8-9-25(34-21(17)15-19)10-13-31(14-11-25)20-3-2-12-30-23(20)26(27,28)29/h2-4,7,12,15-16,18,22H,5-6,8-11,13-14H2,1H3,(H,32,33)/t16-,22?/m0/s1. The number of carboxylic acid groups (broad SMARTS) is 1. The number of aryl methyl sites for hydroxylation is 1. The predicted octanol–water partition coefficient (Wildman–Crippen LogP) is 5.68. The summed E-state index contributed by atoms with van der Waals surface area (Å²) in [6, 6.07) is 9.15. The van der Waals surface area contributed by atoms with E-state index in [0.717, 1.165) is 42.6 Å². The highest BCUT2D eigenvalue weighted by Crippen LogP contribution is 2.49. The minimum Gasteiger partial charge on any atom is -0.487 e. The number of hydrogen-bond donors (Lipinski definition) is 1. The monoisotopic (exact) mass is 474 g/mol. The van der Waals surface area contributed by atoms with Crippen LogP contribution in [0.5, 0.6) is 5.75 Å². The Kier molecular flexibility index (Phi) is 5.73. The summed E-state index contributed by atoms with van der Waals surface area (Å²) in [4.78, 5) is 17.0. The molecule has 1 saturated carbocycles. The third-order valence-electron chi connectivity index (χ3n) is 7.78. The lowest BCUT2D eigenvalue weighted by molar-refractivity contribution is -0.142. The Morgan fingerprint density at radius 3 is 2.59 bits per heavy atom. The number of alkyl halides is 3. The molecule has 1 aromatic carbocycles. The number of benzene rings is 1. The van der Waals surface area contributed by atoms with Crippen molar-refractivity contribution >= 4 is 11.7 Å². The molecule has 5 rings (SSSR count).